The summed E-state index contributed by atoms with van der Waals surface area (Å²) in [7, 11) is -2.15. The molecular weight excluding hydrogens is 320 g/mol. The van der Waals surface area contributed by atoms with E-state index in [9.17, 15) is 8.42 Å². The Bertz CT molecular complexity index is 615. The van der Waals surface area contributed by atoms with E-state index in [1.165, 1.54) is 25.3 Å². The lowest BCUT2D eigenvalue weighted by Gasteiger charge is -2.23. The Kier molecular flexibility index (Phi) is 5.51. The molecule has 112 valence electrons. The summed E-state index contributed by atoms with van der Waals surface area (Å²) < 4.78 is 31.9. The quantitative estimate of drug-likeness (QED) is 0.772. The van der Waals surface area contributed by atoms with Crippen LogP contribution in [0.15, 0.2) is 23.1 Å². The van der Waals surface area contributed by atoms with Crippen molar-refractivity contribution in [1.82, 2.24) is 4.72 Å². The van der Waals surface area contributed by atoms with E-state index in [0.29, 0.717) is 5.56 Å². The third kappa shape index (κ3) is 4.39. The van der Waals surface area contributed by atoms with Gasteiger partial charge in [0.05, 0.1) is 15.5 Å². The number of sulfonamides is 1. The van der Waals surface area contributed by atoms with Crippen LogP contribution in [0.2, 0.25) is 5.02 Å². The lowest BCUT2D eigenvalue weighted by Crippen LogP contribution is -2.39. The number of methoxy groups -OCH3 is 1. The number of halogens is 1. The van der Waals surface area contributed by atoms with E-state index in [1.54, 1.807) is 13.8 Å². The summed E-state index contributed by atoms with van der Waals surface area (Å²) in [6.07, 6.45) is 0. The minimum atomic E-state index is -3.67. The van der Waals surface area contributed by atoms with Crippen LogP contribution in [0.25, 0.3) is 0 Å². The van der Waals surface area contributed by atoms with E-state index >= 15 is 0 Å². The first-order valence-corrected chi connectivity index (χ1v) is 8.00. The Morgan fingerprint density at radius 3 is 2.55 bits per heavy atom. The molecule has 0 amide bonds. The van der Waals surface area contributed by atoms with Gasteiger partial charge in [0.1, 0.15) is 4.99 Å². The van der Waals surface area contributed by atoms with Crippen molar-refractivity contribution >= 4 is 38.8 Å². The molecular formula is C12H17ClN2O3S2. The predicted molar refractivity (Wildman–Crippen MR) is 83.6 cm³/mol. The van der Waals surface area contributed by atoms with Gasteiger partial charge in [-0.15, -0.1) is 0 Å². The Morgan fingerprint density at radius 1 is 1.50 bits per heavy atom. The first-order chi connectivity index (χ1) is 9.09. The minimum absolute atomic E-state index is 0.0504. The fourth-order valence-corrected chi connectivity index (χ4v) is 3.09. The zero-order chi connectivity index (χ0) is 15.6. The summed E-state index contributed by atoms with van der Waals surface area (Å²) in [4.78, 5) is 0.168. The van der Waals surface area contributed by atoms with Gasteiger partial charge in [-0.3, -0.25) is 0 Å². The van der Waals surface area contributed by atoms with Crippen molar-refractivity contribution in [3.8, 4) is 0 Å². The molecule has 1 aromatic rings. The lowest BCUT2D eigenvalue weighted by atomic mass is 10.1. The van der Waals surface area contributed by atoms with Gasteiger partial charge in [0.2, 0.25) is 10.0 Å². The molecule has 1 rings (SSSR count). The topological polar surface area (TPSA) is 81.4 Å². The summed E-state index contributed by atoms with van der Waals surface area (Å²) in [5, 5.41) is 0.200. The van der Waals surface area contributed by atoms with Gasteiger partial charge in [0, 0.05) is 19.2 Å². The van der Waals surface area contributed by atoms with Crippen molar-refractivity contribution in [2.75, 3.05) is 13.7 Å². The van der Waals surface area contributed by atoms with Crippen molar-refractivity contribution < 1.29 is 13.2 Å². The molecule has 5 nitrogen and oxygen atoms in total. The molecule has 0 unspecified atom stereocenters. The first kappa shape index (κ1) is 17.3. The number of benzene rings is 1. The van der Waals surface area contributed by atoms with Crippen LogP contribution in [-0.4, -0.2) is 32.7 Å². The van der Waals surface area contributed by atoms with Gasteiger partial charge in [0.15, 0.2) is 0 Å². The van der Waals surface area contributed by atoms with Gasteiger partial charge >= 0.3 is 0 Å². The lowest BCUT2D eigenvalue weighted by molar-refractivity contribution is 0.0276. The highest BCUT2D eigenvalue weighted by Crippen LogP contribution is 2.21. The van der Waals surface area contributed by atoms with Crippen LogP contribution in [0.3, 0.4) is 0 Å². The third-order valence-electron chi connectivity index (χ3n) is 2.76. The van der Waals surface area contributed by atoms with Crippen molar-refractivity contribution in [1.29, 1.82) is 0 Å². The van der Waals surface area contributed by atoms with E-state index in [0.717, 1.165) is 0 Å². The van der Waals surface area contributed by atoms with Gasteiger partial charge < -0.3 is 10.5 Å². The molecule has 0 aromatic heterocycles. The van der Waals surface area contributed by atoms with Crippen molar-refractivity contribution in [3.05, 3.63) is 28.8 Å². The average molecular weight is 337 g/mol. The minimum Gasteiger partial charge on any atom is -0.389 e. The maximum absolute atomic E-state index is 12.1. The summed E-state index contributed by atoms with van der Waals surface area (Å²) >= 11 is 10.8. The number of hydrogen-bond acceptors (Lipinski definition) is 4. The molecule has 0 atom stereocenters. The van der Waals surface area contributed by atoms with E-state index < -0.39 is 15.6 Å². The van der Waals surface area contributed by atoms with E-state index in [-0.39, 0.29) is 21.5 Å². The molecule has 0 aliphatic heterocycles. The molecule has 20 heavy (non-hydrogen) atoms. The Balaban J connectivity index is 2.99. The van der Waals surface area contributed by atoms with Gasteiger partial charge in [-0.2, -0.15) is 0 Å². The highest BCUT2D eigenvalue weighted by molar-refractivity contribution is 7.89. The summed E-state index contributed by atoms with van der Waals surface area (Å²) in [5.74, 6) is 0. The Morgan fingerprint density at radius 2 is 2.10 bits per heavy atom. The Labute approximate surface area is 129 Å². The van der Waals surface area contributed by atoms with Gasteiger partial charge in [0.25, 0.3) is 0 Å². The number of ether oxygens (including phenoxy) is 1. The SMILES string of the molecule is COC(C)(C)CNS(=O)(=O)c1ccc(C(N)=S)c(Cl)c1. The summed E-state index contributed by atoms with van der Waals surface area (Å²) in [5.41, 5.74) is 5.31. The molecule has 3 N–H and O–H groups in total. The van der Waals surface area contributed by atoms with Crippen molar-refractivity contribution in [2.45, 2.75) is 24.3 Å². The van der Waals surface area contributed by atoms with Gasteiger partial charge in [-0.05, 0) is 32.0 Å². The third-order valence-corrected chi connectivity index (χ3v) is 4.69. The zero-order valence-corrected chi connectivity index (χ0v) is 13.8. The smallest absolute Gasteiger partial charge is 0.240 e. The van der Waals surface area contributed by atoms with Crippen LogP contribution in [0.1, 0.15) is 19.4 Å². The number of thiocarbonyl (C=S) groups is 1. The summed E-state index contributed by atoms with van der Waals surface area (Å²) in [6.45, 7) is 3.69. The standard InChI is InChI=1S/C12H17ClN2O3S2/c1-12(2,18-3)7-15-20(16,17)8-4-5-9(11(14)19)10(13)6-8/h4-6,15H,7H2,1-3H3,(H2,14,19). The molecule has 0 fully saturated rings. The van der Waals surface area contributed by atoms with Crippen molar-refractivity contribution in [2.24, 2.45) is 5.73 Å². The first-order valence-electron chi connectivity index (χ1n) is 5.73. The fraction of sp³-hybridized carbons (Fsp3) is 0.417. The van der Waals surface area contributed by atoms with Crippen LogP contribution >= 0.6 is 23.8 Å². The normalized spacial score (nSPS) is 12.4. The number of nitrogens with two attached hydrogens (primary N) is 1. The molecule has 0 radical (unpaired) electrons. The average Bonchev–Trinajstić information content (AvgIpc) is 2.36. The highest BCUT2D eigenvalue weighted by atomic mass is 35.5. The van der Waals surface area contributed by atoms with Crippen LogP contribution in [0, 0.1) is 0 Å². The molecule has 0 saturated carbocycles. The molecule has 0 bridgehead atoms. The zero-order valence-electron chi connectivity index (χ0n) is 11.4. The monoisotopic (exact) mass is 336 g/mol. The summed E-state index contributed by atoms with van der Waals surface area (Å²) in [6, 6.07) is 4.21. The second kappa shape index (κ2) is 6.36. The van der Waals surface area contributed by atoms with Crippen LogP contribution in [0.4, 0.5) is 0 Å². The largest absolute Gasteiger partial charge is 0.389 e. The predicted octanol–water partition coefficient (Wildman–Crippen LogP) is 1.68. The molecule has 0 heterocycles. The molecule has 1 aromatic carbocycles. The second-order valence-electron chi connectivity index (χ2n) is 4.79. The maximum Gasteiger partial charge on any atom is 0.240 e. The fourth-order valence-electron chi connectivity index (χ4n) is 1.29. The van der Waals surface area contributed by atoms with Crippen LogP contribution in [-0.2, 0) is 14.8 Å². The highest BCUT2D eigenvalue weighted by Gasteiger charge is 2.22. The van der Waals surface area contributed by atoms with E-state index in [1.807, 2.05) is 0 Å². The van der Waals surface area contributed by atoms with Crippen LogP contribution < -0.4 is 10.5 Å². The maximum atomic E-state index is 12.1. The number of hydrogen-bond donors (Lipinski definition) is 2. The number of nitrogens with one attached hydrogen (secondary N) is 1. The van der Waals surface area contributed by atoms with E-state index in [4.69, 9.17) is 34.3 Å². The molecule has 8 heteroatoms. The van der Waals surface area contributed by atoms with Gasteiger partial charge in [-0.1, -0.05) is 23.8 Å². The van der Waals surface area contributed by atoms with Gasteiger partial charge in [-0.25, -0.2) is 13.1 Å². The molecule has 0 spiro atoms. The van der Waals surface area contributed by atoms with Crippen LogP contribution in [0.5, 0.6) is 0 Å². The molecule has 0 aliphatic rings. The van der Waals surface area contributed by atoms with E-state index in [2.05, 4.69) is 4.72 Å². The molecule has 0 aliphatic carbocycles. The number of rotatable bonds is 6. The molecule has 0 saturated heterocycles. The Hall–Kier alpha value is -0.730. The second-order valence-corrected chi connectivity index (χ2v) is 7.41. The van der Waals surface area contributed by atoms with Crippen molar-refractivity contribution in [3.63, 3.8) is 0 Å².